The minimum atomic E-state index is 0.0780. The third-order valence-electron chi connectivity index (χ3n) is 2.86. The lowest BCUT2D eigenvalue weighted by Gasteiger charge is -2.08. The first-order valence-electron chi connectivity index (χ1n) is 6.60. The van der Waals surface area contributed by atoms with Crippen molar-refractivity contribution in [1.29, 1.82) is 0 Å². The van der Waals surface area contributed by atoms with Crippen molar-refractivity contribution < 1.29 is 9.53 Å². The maximum absolute atomic E-state index is 11.8. The summed E-state index contributed by atoms with van der Waals surface area (Å²) in [5.41, 5.74) is 3.46. The van der Waals surface area contributed by atoms with Crippen LogP contribution in [0.2, 0.25) is 0 Å². The summed E-state index contributed by atoms with van der Waals surface area (Å²) in [6.07, 6.45) is 1.31. The van der Waals surface area contributed by atoms with Crippen molar-refractivity contribution in [3.8, 4) is 0 Å². The molecule has 0 fully saturated rings. The molecule has 19 heavy (non-hydrogen) atoms. The van der Waals surface area contributed by atoms with Gasteiger partial charge in [-0.1, -0.05) is 39.7 Å². The van der Waals surface area contributed by atoms with E-state index < -0.39 is 0 Å². The van der Waals surface area contributed by atoms with Crippen molar-refractivity contribution in [2.45, 2.75) is 26.7 Å². The van der Waals surface area contributed by atoms with E-state index in [1.807, 2.05) is 13.8 Å². The van der Waals surface area contributed by atoms with Gasteiger partial charge >= 0.3 is 0 Å². The number of alkyl halides is 1. The van der Waals surface area contributed by atoms with Crippen molar-refractivity contribution in [3.05, 3.63) is 34.9 Å². The fourth-order valence-corrected chi connectivity index (χ4v) is 2.01. The lowest BCUT2D eigenvalue weighted by Crippen LogP contribution is -2.27. The van der Waals surface area contributed by atoms with Gasteiger partial charge in [-0.05, 0) is 31.4 Å². The van der Waals surface area contributed by atoms with Crippen LogP contribution in [0.1, 0.15) is 23.1 Å². The fourth-order valence-electron chi connectivity index (χ4n) is 1.78. The standard InChI is InChI=1S/C15H22BrNO2/c1-12-4-5-13(2)14(10-12)11-15(18)17-7-3-8-19-9-6-16/h4-5,10H,3,6-9,11H2,1-2H3,(H,17,18). The number of ether oxygens (including phenoxy) is 1. The second kappa shape index (κ2) is 9.10. The van der Waals surface area contributed by atoms with Gasteiger partial charge in [0.1, 0.15) is 0 Å². The van der Waals surface area contributed by atoms with Crippen LogP contribution in [-0.2, 0) is 16.0 Å². The fraction of sp³-hybridized carbons (Fsp3) is 0.533. The molecule has 0 unspecified atom stereocenters. The Labute approximate surface area is 123 Å². The van der Waals surface area contributed by atoms with Crippen LogP contribution in [0.25, 0.3) is 0 Å². The number of halogens is 1. The van der Waals surface area contributed by atoms with Crippen LogP contribution in [0.3, 0.4) is 0 Å². The molecule has 0 saturated heterocycles. The molecule has 3 nitrogen and oxygen atoms in total. The highest BCUT2D eigenvalue weighted by molar-refractivity contribution is 9.09. The Morgan fingerprint density at radius 2 is 2.11 bits per heavy atom. The molecule has 0 spiro atoms. The number of hydrogen-bond acceptors (Lipinski definition) is 2. The molecule has 0 saturated carbocycles. The van der Waals surface area contributed by atoms with Gasteiger partial charge in [0.2, 0.25) is 5.91 Å². The number of rotatable bonds is 8. The third kappa shape index (κ3) is 6.73. The van der Waals surface area contributed by atoms with Gasteiger partial charge in [0.25, 0.3) is 0 Å². The number of aryl methyl sites for hydroxylation is 2. The normalized spacial score (nSPS) is 10.5. The molecule has 0 atom stereocenters. The zero-order chi connectivity index (χ0) is 14.1. The summed E-state index contributed by atoms with van der Waals surface area (Å²) < 4.78 is 5.32. The maximum atomic E-state index is 11.8. The molecule has 1 rings (SSSR count). The smallest absolute Gasteiger partial charge is 0.224 e. The highest BCUT2D eigenvalue weighted by Crippen LogP contribution is 2.11. The van der Waals surface area contributed by atoms with Crippen LogP contribution in [0.5, 0.6) is 0 Å². The summed E-state index contributed by atoms with van der Waals surface area (Å²) in [5.74, 6) is 0.0780. The van der Waals surface area contributed by atoms with E-state index in [9.17, 15) is 4.79 Å². The van der Waals surface area contributed by atoms with Crippen molar-refractivity contribution >= 4 is 21.8 Å². The van der Waals surface area contributed by atoms with E-state index in [0.717, 1.165) is 23.9 Å². The molecule has 106 valence electrons. The molecule has 0 aromatic heterocycles. The van der Waals surface area contributed by atoms with E-state index in [4.69, 9.17) is 4.74 Å². The molecule has 0 heterocycles. The molecule has 4 heteroatoms. The van der Waals surface area contributed by atoms with Crippen molar-refractivity contribution in [2.24, 2.45) is 0 Å². The molecule has 1 aromatic rings. The van der Waals surface area contributed by atoms with Crippen molar-refractivity contribution in [3.63, 3.8) is 0 Å². The summed E-state index contributed by atoms with van der Waals surface area (Å²) in [4.78, 5) is 11.8. The Morgan fingerprint density at radius 1 is 1.32 bits per heavy atom. The molecule has 0 aliphatic heterocycles. The summed E-state index contributed by atoms with van der Waals surface area (Å²) in [7, 11) is 0. The zero-order valence-corrected chi connectivity index (χ0v) is 13.3. The quantitative estimate of drug-likeness (QED) is 0.589. The predicted octanol–water partition coefficient (Wildman–Crippen LogP) is 2.76. The van der Waals surface area contributed by atoms with Crippen molar-refractivity contribution in [2.75, 3.05) is 25.1 Å². The first-order valence-corrected chi connectivity index (χ1v) is 7.72. The van der Waals surface area contributed by atoms with Gasteiger partial charge in [0, 0.05) is 18.5 Å². The van der Waals surface area contributed by atoms with Crippen LogP contribution >= 0.6 is 15.9 Å². The average molecular weight is 328 g/mol. The molecule has 0 aliphatic rings. The van der Waals surface area contributed by atoms with Crippen molar-refractivity contribution in [1.82, 2.24) is 5.32 Å². The Balaban J connectivity index is 2.25. The maximum Gasteiger partial charge on any atom is 0.224 e. The van der Waals surface area contributed by atoms with Gasteiger partial charge in [0.15, 0.2) is 0 Å². The number of carbonyl (C=O) groups excluding carboxylic acids is 1. The molecular formula is C15H22BrNO2. The summed E-state index contributed by atoms with van der Waals surface area (Å²) in [5, 5.41) is 3.78. The summed E-state index contributed by atoms with van der Waals surface area (Å²) >= 11 is 3.30. The average Bonchev–Trinajstić information content (AvgIpc) is 2.38. The van der Waals surface area contributed by atoms with E-state index in [2.05, 4.69) is 39.4 Å². The van der Waals surface area contributed by atoms with E-state index in [-0.39, 0.29) is 5.91 Å². The van der Waals surface area contributed by atoms with Crippen LogP contribution in [-0.4, -0.2) is 31.0 Å². The highest BCUT2D eigenvalue weighted by Gasteiger charge is 2.05. The minimum Gasteiger partial charge on any atom is -0.381 e. The Bertz CT molecular complexity index is 407. The second-order valence-corrected chi connectivity index (χ2v) is 5.40. The lowest BCUT2D eigenvalue weighted by molar-refractivity contribution is -0.120. The molecule has 0 aliphatic carbocycles. The second-order valence-electron chi connectivity index (χ2n) is 4.61. The number of benzene rings is 1. The van der Waals surface area contributed by atoms with Crippen LogP contribution in [0.4, 0.5) is 0 Å². The molecule has 0 bridgehead atoms. The van der Waals surface area contributed by atoms with E-state index in [0.29, 0.717) is 19.6 Å². The van der Waals surface area contributed by atoms with Gasteiger partial charge in [-0.2, -0.15) is 0 Å². The first-order chi connectivity index (χ1) is 9.13. The highest BCUT2D eigenvalue weighted by atomic mass is 79.9. The van der Waals surface area contributed by atoms with Gasteiger partial charge in [-0.3, -0.25) is 4.79 Å². The van der Waals surface area contributed by atoms with Crippen LogP contribution in [0.15, 0.2) is 18.2 Å². The predicted molar refractivity (Wildman–Crippen MR) is 81.9 cm³/mol. The van der Waals surface area contributed by atoms with Gasteiger partial charge in [0.05, 0.1) is 13.0 Å². The molecular weight excluding hydrogens is 306 g/mol. The minimum absolute atomic E-state index is 0.0780. The summed E-state index contributed by atoms with van der Waals surface area (Å²) in [6.45, 7) is 6.16. The van der Waals surface area contributed by atoms with E-state index in [1.54, 1.807) is 0 Å². The zero-order valence-electron chi connectivity index (χ0n) is 11.7. The molecule has 1 aromatic carbocycles. The topological polar surface area (TPSA) is 38.3 Å². The molecule has 0 radical (unpaired) electrons. The largest absolute Gasteiger partial charge is 0.381 e. The first kappa shape index (κ1) is 16.2. The van der Waals surface area contributed by atoms with Crippen LogP contribution in [0, 0.1) is 13.8 Å². The monoisotopic (exact) mass is 327 g/mol. The Hall–Kier alpha value is -0.870. The van der Waals surface area contributed by atoms with Crippen LogP contribution < -0.4 is 5.32 Å². The summed E-state index contributed by atoms with van der Waals surface area (Å²) in [6, 6.07) is 6.21. The number of carbonyl (C=O) groups is 1. The van der Waals surface area contributed by atoms with E-state index >= 15 is 0 Å². The Morgan fingerprint density at radius 3 is 2.84 bits per heavy atom. The van der Waals surface area contributed by atoms with Gasteiger partial charge in [-0.25, -0.2) is 0 Å². The van der Waals surface area contributed by atoms with Gasteiger partial charge in [-0.15, -0.1) is 0 Å². The Kier molecular flexibility index (Phi) is 7.75. The number of hydrogen-bond donors (Lipinski definition) is 1. The number of amides is 1. The van der Waals surface area contributed by atoms with Gasteiger partial charge < -0.3 is 10.1 Å². The van der Waals surface area contributed by atoms with E-state index in [1.165, 1.54) is 11.1 Å². The molecule has 1 N–H and O–H groups in total. The lowest BCUT2D eigenvalue weighted by atomic mass is 10.0. The number of nitrogens with one attached hydrogen (secondary N) is 1. The molecule has 1 amide bonds. The SMILES string of the molecule is Cc1ccc(C)c(CC(=O)NCCCOCCBr)c1. The third-order valence-corrected chi connectivity index (χ3v) is 3.19.